The van der Waals surface area contributed by atoms with E-state index in [1.807, 2.05) is 26.0 Å². The van der Waals surface area contributed by atoms with Crippen molar-refractivity contribution >= 4 is 34.5 Å². The van der Waals surface area contributed by atoms with Crippen LogP contribution in [0.1, 0.15) is 72.1 Å². The molecule has 0 aromatic heterocycles. The van der Waals surface area contributed by atoms with Gasteiger partial charge in [0.25, 0.3) is 0 Å². The number of hydrogen-bond acceptors (Lipinski definition) is 6. The average molecular weight is 605 g/mol. The first-order valence-electron chi connectivity index (χ1n) is 12.6. The van der Waals surface area contributed by atoms with E-state index in [-0.39, 0.29) is 24.2 Å². The maximum absolute atomic E-state index is 13.4. The number of carboxylic acids is 1. The summed E-state index contributed by atoms with van der Waals surface area (Å²) in [5.41, 5.74) is 0.283. The Labute approximate surface area is 222 Å². The van der Waals surface area contributed by atoms with Gasteiger partial charge in [0.2, 0.25) is 0 Å². The fourth-order valence-corrected chi connectivity index (χ4v) is 6.76. The van der Waals surface area contributed by atoms with Crippen molar-refractivity contribution in [3.63, 3.8) is 0 Å². The minimum Gasteiger partial charge on any atom is -0.481 e. The maximum Gasteiger partial charge on any atom is 0.312 e. The highest BCUT2D eigenvalue weighted by atomic mass is 127. The Bertz CT molecular complexity index is 818. The second-order valence-electron chi connectivity index (χ2n) is 10.1. The SMILES string of the molecule is C=CCC(CC)(CC)C(=O)OC1CC(O)C=C2C=CC(C)C(I)(CCC(O)CC(O)CC(=O)O)C21. The Hall–Kier alpha value is -1.23. The third kappa shape index (κ3) is 7.17. The number of carboxylic acid groups (broad SMARTS) is 1. The molecule has 35 heavy (non-hydrogen) atoms. The Morgan fingerprint density at radius 2 is 1.97 bits per heavy atom. The van der Waals surface area contributed by atoms with E-state index in [0.29, 0.717) is 38.5 Å². The standard InChI is InChI=1S/C27H41IO7/c1-5-11-26(6-2,7-3)25(34)35-22-15-20(30)13-18-9-8-17(4)27(28,24(18)22)12-10-19(29)14-21(31)16-23(32)33/h5,8-9,13,17,19-22,24,29-31H,1,6-7,10-12,14-16H2,2-4H3,(H,32,33). The fraction of sp³-hybridized carbons (Fsp3) is 0.704. The van der Waals surface area contributed by atoms with E-state index in [0.717, 1.165) is 5.57 Å². The lowest BCUT2D eigenvalue weighted by Gasteiger charge is -2.49. The number of carbonyl (C=O) groups excluding carboxylic acids is 1. The number of esters is 1. The summed E-state index contributed by atoms with van der Waals surface area (Å²) in [7, 11) is 0. The van der Waals surface area contributed by atoms with Crippen LogP contribution < -0.4 is 0 Å². The van der Waals surface area contributed by atoms with Crippen LogP contribution in [0.2, 0.25) is 0 Å². The number of allylic oxidation sites excluding steroid dienone is 3. The van der Waals surface area contributed by atoms with Gasteiger partial charge in [-0.3, -0.25) is 9.59 Å². The van der Waals surface area contributed by atoms with Crippen LogP contribution in [-0.2, 0) is 14.3 Å². The van der Waals surface area contributed by atoms with Crippen LogP contribution in [0.3, 0.4) is 0 Å². The lowest BCUT2D eigenvalue weighted by molar-refractivity contribution is -0.167. The minimum atomic E-state index is -1.11. The molecule has 198 valence electrons. The van der Waals surface area contributed by atoms with E-state index >= 15 is 0 Å². The van der Waals surface area contributed by atoms with Crippen molar-refractivity contribution in [2.75, 3.05) is 0 Å². The van der Waals surface area contributed by atoms with Crippen LogP contribution in [0.4, 0.5) is 0 Å². The number of alkyl halides is 1. The predicted molar refractivity (Wildman–Crippen MR) is 143 cm³/mol. The third-order valence-corrected chi connectivity index (χ3v) is 10.0. The molecule has 0 aromatic rings. The van der Waals surface area contributed by atoms with E-state index in [1.165, 1.54) is 0 Å². The monoisotopic (exact) mass is 604 g/mol. The highest BCUT2D eigenvalue weighted by Gasteiger charge is 2.51. The van der Waals surface area contributed by atoms with Crippen LogP contribution in [0.5, 0.6) is 0 Å². The molecule has 0 saturated heterocycles. The number of fused-ring (bicyclic) bond motifs is 1. The average Bonchev–Trinajstić information content (AvgIpc) is 2.77. The third-order valence-electron chi connectivity index (χ3n) is 7.84. The van der Waals surface area contributed by atoms with Crippen molar-refractivity contribution in [1.29, 1.82) is 0 Å². The number of aliphatic carboxylic acids is 1. The van der Waals surface area contributed by atoms with E-state index in [9.17, 15) is 24.9 Å². The normalized spacial score (nSPS) is 30.1. The molecule has 7 nitrogen and oxygen atoms in total. The molecule has 0 amide bonds. The summed E-state index contributed by atoms with van der Waals surface area (Å²) in [6, 6.07) is 0. The lowest BCUT2D eigenvalue weighted by Crippen LogP contribution is -2.51. The van der Waals surface area contributed by atoms with Crippen LogP contribution in [0, 0.1) is 17.3 Å². The van der Waals surface area contributed by atoms with Crippen LogP contribution in [0.25, 0.3) is 0 Å². The molecule has 0 saturated carbocycles. The number of aliphatic hydroxyl groups is 3. The number of carbonyl (C=O) groups is 2. The van der Waals surface area contributed by atoms with Gasteiger partial charge in [-0.05, 0) is 50.0 Å². The second-order valence-corrected chi connectivity index (χ2v) is 12.1. The molecule has 0 aromatic carbocycles. The molecule has 2 aliphatic rings. The van der Waals surface area contributed by atoms with Crippen molar-refractivity contribution in [2.24, 2.45) is 17.3 Å². The van der Waals surface area contributed by atoms with Gasteiger partial charge in [-0.1, -0.05) is 67.7 Å². The molecule has 0 fully saturated rings. The summed E-state index contributed by atoms with van der Waals surface area (Å²) in [5, 5.41) is 39.8. The molecule has 8 heteroatoms. The Balaban J connectivity index is 2.27. The van der Waals surface area contributed by atoms with Crippen molar-refractivity contribution < 1.29 is 34.8 Å². The lowest BCUT2D eigenvalue weighted by atomic mass is 9.66. The van der Waals surface area contributed by atoms with E-state index in [4.69, 9.17) is 9.84 Å². The van der Waals surface area contributed by atoms with Crippen LogP contribution >= 0.6 is 22.6 Å². The highest BCUT2D eigenvalue weighted by Crippen LogP contribution is 2.52. The first kappa shape index (κ1) is 30.0. The van der Waals surface area contributed by atoms with E-state index in [2.05, 4.69) is 42.2 Å². The quantitative estimate of drug-likeness (QED) is 0.107. The van der Waals surface area contributed by atoms with Crippen LogP contribution in [0.15, 0.2) is 36.5 Å². The molecule has 0 bridgehead atoms. The van der Waals surface area contributed by atoms with Crippen molar-refractivity contribution in [3.8, 4) is 0 Å². The second kappa shape index (κ2) is 12.8. The highest BCUT2D eigenvalue weighted by molar-refractivity contribution is 14.1. The molecule has 0 heterocycles. The van der Waals surface area contributed by atoms with Crippen molar-refractivity contribution in [2.45, 2.75) is 100.0 Å². The van der Waals surface area contributed by atoms with Gasteiger partial charge in [-0.25, -0.2) is 0 Å². The number of rotatable bonds is 13. The Morgan fingerprint density at radius 3 is 2.54 bits per heavy atom. The largest absolute Gasteiger partial charge is 0.481 e. The van der Waals surface area contributed by atoms with Gasteiger partial charge in [0.15, 0.2) is 0 Å². The van der Waals surface area contributed by atoms with Gasteiger partial charge in [-0.2, -0.15) is 0 Å². The van der Waals surface area contributed by atoms with Gasteiger partial charge in [0.05, 0.1) is 30.1 Å². The molecule has 0 spiro atoms. The van der Waals surface area contributed by atoms with E-state index < -0.39 is 45.6 Å². The molecule has 0 radical (unpaired) electrons. The number of hydrogen-bond donors (Lipinski definition) is 4. The molecule has 7 unspecified atom stereocenters. The molecule has 2 aliphatic carbocycles. The summed E-state index contributed by atoms with van der Waals surface area (Å²) >= 11 is 2.41. The summed E-state index contributed by atoms with van der Waals surface area (Å²) in [5.74, 6) is -1.43. The molecule has 2 rings (SSSR count). The van der Waals surface area contributed by atoms with Crippen molar-refractivity contribution in [3.05, 3.63) is 36.5 Å². The maximum atomic E-state index is 13.4. The number of ether oxygens (including phenoxy) is 1. The van der Waals surface area contributed by atoms with E-state index in [1.54, 1.807) is 6.08 Å². The fourth-order valence-electron chi connectivity index (χ4n) is 5.48. The first-order valence-corrected chi connectivity index (χ1v) is 13.7. The van der Waals surface area contributed by atoms with Gasteiger partial charge >= 0.3 is 11.9 Å². The molecular weight excluding hydrogens is 563 g/mol. The van der Waals surface area contributed by atoms with Crippen LogP contribution in [-0.4, -0.2) is 60.2 Å². The Morgan fingerprint density at radius 1 is 1.31 bits per heavy atom. The summed E-state index contributed by atoms with van der Waals surface area (Å²) in [6.45, 7) is 9.86. The molecule has 7 atom stereocenters. The molecular formula is C27H41IO7. The van der Waals surface area contributed by atoms with Gasteiger partial charge < -0.3 is 25.2 Å². The van der Waals surface area contributed by atoms with Crippen molar-refractivity contribution in [1.82, 2.24) is 0 Å². The van der Waals surface area contributed by atoms with Gasteiger partial charge in [0.1, 0.15) is 6.10 Å². The minimum absolute atomic E-state index is 0.00912. The summed E-state index contributed by atoms with van der Waals surface area (Å²) in [6.07, 6.45) is 7.11. The van der Waals surface area contributed by atoms with Gasteiger partial charge in [0, 0.05) is 15.8 Å². The first-order chi connectivity index (χ1) is 16.4. The predicted octanol–water partition coefficient (Wildman–Crippen LogP) is 4.33. The van der Waals surface area contributed by atoms with Gasteiger partial charge in [-0.15, -0.1) is 6.58 Å². The number of aliphatic hydroxyl groups excluding tert-OH is 3. The molecule has 4 N–H and O–H groups in total. The topological polar surface area (TPSA) is 124 Å². The summed E-state index contributed by atoms with van der Waals surface area (Å²) < 4.78 is 5.79. The zero-order valence-electron chi connectivity index (χ0n) is 21.0. The zero-order chi connectivity index (χ0) is 26.4. The zero-order valence-corrected chi connectivity index (χ0v) is 23.2. The smallest absolute Gasteiger partial charge is 0.312 e. The molecule has 0 aliphatic heterocycles. The summed E-state index contributed by atoms with van der Waals surface area (Å²) in [4.78, 5) is 24.3. The Kier molecular flexibility index (Phi) is 11.0. The number of halogens is 1.